The monoisotopic (exact) mass is 426 g/mol. The van der Waals surface area contributed by atoms with Crippen LogP contribution < -0.4 is 9.47 Å². The van der Waals surface area contributed by atoms with Crippen LogP contribution in [-0.4, -0.2) is 58.6 Å². The van der Waals surface area contributed by atoms with Crippen molar-refractivity contribution in [3.8, 4) is 28.6 Å². The first-order chi connectivity index (χ1) is 14.6. The Hall–Kier alpha value is -3.00. The van der Waals surface area contributed by atoms with Gasteiger partial charge in [-0.05, 0) is 50.2 Å². The van der Waals surface area contributed by atoms with Crippen LogP contribution in [0.3, 0.4) is 0 Å². The maximum Gasteiger partial charge on any atom is 0.233 e. The number of thioether (sulfide) groups is 1. The second-order valence-corrected chi connectivity index (χ2v) is 7.34. The Bertz CT molecular complexity index is 984. The average Bonchev–Trinajstić information content (AvgIpc) is 3.22. The van der Waals surface area contributed by atoms with Gasteiger partial charge in [0.1, 0.15) is 11.5 Å². The zero-order valence-electron chi connectivity index (χ0n) is 17.7. The lowest BCUT2D eigenvalue weighted by Crippen LogP contribution is -2.31. The van der Waals surface area contributed by atoms with Crippen LogP contribution >= 0.6 is 11.8 Å². The summed E-state index contributed by atoms with van der Waals surface area (Å²) in [5.74, 6) is 2.48. The summed E-state index contributed by atoms with van der Waals surface area (Å²) < 4.78 is 12.8. The van der Waals surface area contributed by atoms with Crippen LogP contribution in [0.2, 0.25) is 0 Å². The Labute approximate surface area is 181 Å². The molecule has 0 radical (unpaired) electrons. The molecule has 7 nitrogen and oxygen atoms in total. The van der Waals surface area contributed by atoms with Crippen molar-refractivity contribution < 1.29 is 14.3 Å². The van der Waals surface area contributed by atoms with E-state index < -0.39 is 0 Å². The minimum atomic E-state index is 0.0770. The van der Waals surface area contributed by atoms with Gasteiger partial charge in [0, 0.05) is 13.1 Å². The third-order valence-electron chi connectivity index (χ3n) is 4.75. The maximum atomic E-state index is 12.5. The molecule has 0 aliphatic heterocycles. The molecule has 1 aromatic heterocycles. The van der Waals surface area contributed by atoms with Crippen LogP contribution in [0.25, 0.3) is 17.1 Å². The standard InChI is InChI=1S/C22H26N4O3S/c1-5-25(6-2)20(27)15-30-22-24-23-21(18-9-7-8-10-19(18)29-4)26(22)16-11-13-17(28-3)14-12-16/h7-14H,5-6,15H2,1-4H3. The van der Waals surface area contributed by atoms with E-state index in [0.717, 1.165) is 17.0 Å². The summed E-state index contributed by atoms with van der Waals surface area (Å²) in [5, 5.41) is 9.46. The summed E-state index contributed by atoms with van der Waals surface area (Å²) in [5.41, 5.74) is 1.70. The minimum Gasteiger partial charge on any atom is -0.497 e. The number of hydrogen-bond donors (Lipinski definition) is 0. The van der Waals surface area contributed by atoms with Crippen molar-refractivity contribution in [1.82, 2.24) is 19.7 Å². The van der Waals surface area contributed by atoms with Crippen LogP contribution in [0.1, 0.15) is 13.8 Å². The first-order valence-electron chi connectivity index (χ1n) is 9.76. The van der Waals surface area contributed by atoms with Crippen LogP contribution in [0.4, 0.5) is 0 Å². The highest BCUT2D eigenvalue weighted by molar-refractivity contribution is 7.99. The van der Waals surface area contributed by atoms with E-state index in [9.17, 15) is 4.79 Å². The number of nitrogens with zero attached hydrogens (tertiary/aromatic N) is 4. The Kier molecular flexibility index (Phi) is 7.35. The highest BCUT2D eigenvalue weighted by Crippen LogP contribution is 2.33. The number of rotatable bonds is 9. The quantitative estimate of drug-likeness (QED) is 0.483. The highest BCUT2D eigenvalue weighted by Gasteiger charge is 2.20. The molecule has 0 saturated heterocycles. The largest absolute Gasteiger partial charge is 0.497 e. The highest BCUT2D eigenvalue weighted by atomic mass is 32.2. The Morgan fingerprint density at radius 1 is 1.00 bits per heavy atom. The molecule has 30 heavy (non-hydrogen) atoms. The van der Waals surface area contributed by atoms with Crippen molar-refractivity contribution in [3.05, 3.63) is 48.5 Å². The number of ether oxygens (including phenoxy) is 2. The molecule has 0 aliphatic rings. The SMILES string of the molecule is CCN(CC)C(=O)CSc1nnc(-c2ccccc2OC)n1-c1ccc(OC)cc1. The minimum absolute atomic E-state index is 0.0770. The summed E-state index contributed by atoms with van der Waals surface area (Å²) in [6.07, 6.45) is 0. The van der Waals surface area contributed by atoms with E-state index in [1.54, 1.807) is 14.2 Å². The number of benzene rings is 2. The molecule has 0 saturated carbocycles. The first kappa shape index (κ1) is 21.7. The van der Waals surface area contributed by atoms with Gasteiger partial charge in [-0.25, -0.2) is 0 Å². The second-order valence-electron chi connectivity index (χ2n) is 6.39. The summed E-state index contributed by atoms with van der Waals surface area (Å²) in [7, 11) is 3.26. The van der Waals surface area contributed by atoms with Gasteiger partial charge in [-0.15, -0.1) is 10.2 Å². The lowest BCUT2D eigenvalue weighted by atomic mass is 10.2. The van der Waals surface area contributed by atoms with Gasteiger partial charge in [-0.1, -0.05) is 23.9 Å². The number of carbonyl (C=O) groups excluding carboxylic acids is 1. The van der Waals surface area contributed by atoms with E-state index in [-0.39, 0.29) is 5.91 Å². The van der Waals surface area contributed by atoms with Gasteiger partial charge in [-0.2, -0.15) is 0 Å². The molecule has 3 rings (SSSR count). The number of methoxy groups -OCH3 is 2. The van der Waals surface area contributed by atoms with Gasteiger partial charge in [-0.3, -0.25) is 9.36 Å². The summed E-state index contributed by atoms with van der Waals surface area (Å²) in [4.78, 5) is 14.3. The molecule has 158 valence electrons. The molecular formula is C22H26N4O3S. The topological polar surface area (TPSA) is 69.5 Å². The van der Waals surface area contributed by atoms with E-state index in [0.29, 0.717) is 35.6 Å². The zero-order valence-corrected chi connectivity index (χ0v) is 18.5. The number of carbonyl (C=O) groups is 1. The van der Waals surface area contributed by atoms with Gasteiger partial charge in [0.15, 0.2) is 11.0 Å². The summed E-state index contributed by atoms with van der Waals surface area (Å²) in [6, 6.07) is 15.3. The van der Waals surface area contributed by atoms with Crippen molar-refractivity contribution in [2.24, 2.45) is 0 Å². The smallest absolute Gasteiger partial charge is 0.233 e. The lowest BCUT2D eigenvalue weighted by Gasteiger charge is -2.18. The number of aromatic nitrogens is 3. The van der Waals surface area contributed by atoms with Crippen LogP contribution in [0, 0.1) is 0 Å². The number of amides is 1. The molecule has 8 heteroatoms. The molecule has 1 heterocycles. The second kappa shape index (κ2) is 10.2. The molecule has 3 aromatic rings. The van der Waals surface area contributed by atoms with Crippen molar-refractivity contribution in [2.45, 2.75) is 19.0 Å². The molecular weight excluding hydrogens is 400 g/mol. The van der Waals surface area contributed by atoms with E-state index in [2.05, 4.69) is 10.2 Å². The summed E-state index contributed by atoms with van der Waals surface area (Å²) >= 11 is 1.37. The predicted octanol–water partition coefficient (Wildman–Crippen LogP) is 3.91. The fraction of sp³-hybridized carbons (Fsp3) is 0.318. The van der Waals surface area contributed by atoms with Crippen molar-refractivity contribution >= 4 is 17.7 Å². The zero-order chi connectivity index (χ0) is 21.5. The Morgan fingerprint density at radius 2 is 1.70 bits per heavy atom. The molecule has 0 atom stereocenters. The molecule has 0 fully saturated rings. The third kappa shape index (κ3) is 4.59. The van der Waals surface area contributed by atoms with Gasteiger partial charge in [0.2, 0.25) is 5.91 Å². The van der Waals surface area contributed by atoms with Crippen molar-refractivity contribution in [3.63, 3.8) is 0 Å². The van der Waals surface area contributed by atoms with Gasteiger partial charge >= 0.3 is 0 Å². The van der Waals surface area contributed by atoms with Gasteiger partial charge in [0.25, 0.3) is 0 Å². The van der Waals surface area contributed by atoms with Crippen molar-refractivity contribution in [1.29, 1.82) is 0 Å². The molecule has 0 spiro atoms. The Balaban J connectivity index is 2.02. The molecule has 0 aliphatic carbocycles. The van der Waals surface area contributed by atoms with Crippen LogP contribution in [0.15, 0.2) is 53.7 Å². The van der Waals surface area contributed by atoms with E-state index >= 15 is 0 Å². The molecule has 1 amide bonds. The van der Waals surface area contributed by atoms with Crippen LogP contribution in [-0.2, 0) is 4.79 Å². The number of para-hydroxylation sites is 1. The van der Waals surface area contributed by atoms with Crippen molar-refractivity contribution in [2.75, 3.05) is 33.1 Å². The first-order valence-corrected chi connectivity index (χ1v) is 10.7. The molecule has 0 bridgehead atoms. The molecule has 0 N–H and O–H groups in total. The van der Waals surface area contributed by atoms with E-state index in [1.807, 2.05) is 71.8 Å². The third-order valence-corrected chi connectivity index (χ3v) is 5.67. The lowest BCUT2D eigenvalue weighted by molar-refractivity contribution is -0.127. The van der Waals surface area contributed by atoms with Gasteiger partial charge in [0.05, 0.1) is 31.2 Å². The number of hydrogen-bond acceptors (Lipinski definition) is 6. The molecule has 2 aromatic carbocycles. The van der Waals surface area contributed by atoms with E-state index in [4.69, 9.17) is 9.47 Å². The molecule has 0 unspecified atom stereocenters. The fourth-order valence-corrected chi connectivity index (χ4v) is 3.98. The van der Waals surface area contributed by atoms with E-state index in [1.165, 1.54) is 11.8 Å². The normalized spacial score (nSPS) is 10.7. The summed E-state index contributed by atoms with van der Waals surface area (Å²) in [6.45, 7) is 5.33. The van der Waals surface area contributed by atoms with Crippen LogP contribution in [0.5, 0.6) is 11.5 Å². The predicted molar refractivity (Wildman–Crippen MR) is 119 cm³/mol. The fourth-order valence-electron chi connectivity index (χ4n) is 3.13. The van der Waals surface area contributed by atoms with Gasteiger partial charge < -0.3 is 14.4 Å². The Morgan fingerprint density at radius 3 is 2.33 bits per heavy atom. The maximum absolute atomic E-state index is 12.5. The average molecular weight is 427 g/mol.